The van der Waals surface area contributed by atoms with Crippen LogP contribution in [0, 0.1) is 6.92 Å². The Morgan fingerprint density at radius 2 is 1.65 bits per heavy atom. The molecule has 0 aromatic heterocycles. The number of aryl methyl sites for hydroxylation is 1. The summed E-state index contributed by atoms with van der Waals surface area (Å²) in [5, 5.41) is 0.365. The van der Waals surface area contributed by atoms with Gasteiger partial charge in [-0.2, -0.15) is 4.31 Å². The van der Waals surface area contributed by atoms with Gasteiger partial charge in [0.1, 0.15) is 11.8 Å². The van der Waals surface area contributed by atoms with Crippen molar-refractivity contribution in [1.29, 1.82) is 0 Å². The van der Waals surface area contributed by atoms with Crippen molar-refractivity contribution in [2.75, 3.05) is 12.0 Å². The van der Waals surface area contributed by atoms with Crippen LogP contribution >= 0.6 is 11.6 Å². The van der Waals surface area contributed by atoms with Gasteiger partial charge in [0, 0.05) is 11.6 Å². The zero-order valence-corrected chi connectivity index (χ0v) is 20.2. The first-order valence-corrected chi connectivity index (χ1v) is 12.4. The van der Waals surface area contributed by atoms with E-state index >= 15 is 0 Å². The molecule has 9 heteroatoms. The molecule has 1 saturated heterocycles. The van der Waals surface area contributed by atoms with E-state index in [0.29, 0.717) is 22.0 Å². The Kier molecular flexibility index (Phi) is 6.74. The van der Waals surface area contributed by atoms with Crippen LogP contribution in [0.25, 0.3) is 0 Å². The Morgan fingerprint density at radius 1 is 1.00 bits per heavy atom. The fourth-order valence-corrected chi connectivity index (χ4v) is 5.60. The summed E-state index contributed by atoms with van der Waals surface area (Å²) in [6, 6.07) is 18.4. The van der Waals surface area contributed by atoms with Crippen LogP contribution in [0.3, 0.4) is 0 Å². The lowest BCUT2D eigenvalue weighted by atomic mass is 10.2. The standard InChI is InChI=1S/C25H23ClN2O5S/c1-17-7-9-19(10-8-17)28-24(29)15-23(25(28)30)27(16-18-5-3-4-6-22(18)26)34(31,32)21-13-11-20(33-2)12-14-21/h3-14,23H,15-16H2,1-2H3. The monoisotopic (exact) mass is 498 g/mol. The molecule has 3 aromatic carbocycles. The molecule has 1 fully saturated rings. The summed E-state index contributed by atoms with van der Waals surface area (Å²) in [6.07, 6.45) is -0.271. The van der Waals surface area contributed by atoms with Crippen molar-refractivity contribution < 1.29 is 22.7 Å². The summed E-state index contributed by atoms with van der Waals surface area (Å²) < 4.78 is 33.7. The highest BCUT2D eigenvalue weighted by atomic mass is 35.5. The highest BCUT2D eigenvalue weighted by Gasteiger charge is 2.47. The van der Waals surface area contributed by atoms with Crippen molar-refractivity contribution in [3.63, 3.8) is 0 Å². The van der Waals surface area contributed by atoms with Crippen LogP contribution in [-0.2, 0) is 26.2 Å². The maximum atomic E-state index is 13.7. The minimum Gasteiger partial charge on any atom is -0.497 e. The first kappa shape index (κ1) is 23.9. The van der Waals surface area contributed by atoms with Gasteiger partial charge in [-0.3, -0.25) is 9.59 Å². The van der Waals surface area contributed by atoms with E-state index in [1.165, 1.54) is 31.4 Å². The van der Waals surface area contributed by atoms with E-state index in [-0.39, 0.29) is 17.9 Å². The van der Waals surface area contributed by atoms with Crippen molar-refractivity contribution in [1.82, 2.24) is 4.31 Å². The van der Waals surface area contributed by atoms with Crippen LogP contribution in [0.5, 0.6) is 5.75 Å². The number of anilines is 1. The number of methoxy groups -OCH3 is 1. The number of carbonyl (C=O) groups is 2. The summed E-state index contributed by atoms with van der Waals surface area (Å²) in [5.74, 6) is -0.569. The molecule has 176 valence electrons. The van der Waals surface area contributed by atoms with E-state index in [9.17, 15) is 18.0 Å². The number of nitrogens with zero attached hydrogens (tertiary/aromatic N) is 2. The highest BCUT2D eigenvalue weighted by molar-refractivity contribution is 7.89. The lowest BCUT2D eigenvalue weighted by Crippen LogP contribution is -2.45. The molecule has 1 atom stereocenters. The predicted molar refractivity (Wildman–Crippen MR) is 129 cm³/mol. The molecule has 0 spiro atoms. The van der Waals surface area contributed by atoms with Crippen LogP contribution in [-0.4, -0.2) is 37.7 Å². The third kappa shape index (κ3) is 4.57. The molecule has 1 aliphatic rings. The number of benzene rings is 3. The second kappa shape index (κ2) is 9.58. The van der Waals surface area contributed by atoms with E-state index in [1.807, 2.05) is 6.92 Å². The number of ether oxygens (including phenoxy) is 1. The second-order valence-electron chi connectivity index (χ2n) is 7.94. The van der Waals surface area contributed by atoms with Gasteiger partial charge in [0.25, 0.3) is 5.91 Å². The Labute approximate surface area is 203 Å². The molecule has 0 N–H and O–H groups in total. The number of hydrogen-bond donors (Lipinski definition) is 0. The largest absolute Gasteiger partial charge is 0.497 e. The Bertz CT molecular complexity index is 1320. The van der Waals surface area contributed by atoms with Crippen LogP contribution in [0.15, 0.2) is 77.7 Å². The van der Waals surface area contributed by atoms with E-state index in [4.69, 9.17) is 16.3 Å². The van der Waals surface area contributed by atoms with Crippen molar-refractivity contribution >= 4 is 39.1 Å². The van der Waals surface area contributed by atoms with Gasteiger partial charge in [-0.1, -0.05) is 47.5 Å². The van der Waals surface area contributed by atoms with Gasteiger partial charge in [-0.25, -0.2) is 13.3 Å². The molecule has 0 saturated carbocycles. The van der Waals surface area contributed by atoms with Gasteiger partial charge in [-0.05, 0) is 55.0 Å². The number of amides is 2. The molecule has 2 amide bonds. The number of hydrogen-bond acceptors (Lipinski definition) is 5. The second-order valence-corrected chi connectivity index (χ2v) is 10.2. The van der Waals surface area contributed by atoms with Gasteiger partial charge in [0.2, 0.25) is 15.9 Å². The summed E-state index contributed by atoms with van der Waals surface area (Å²) >= 11 is 6.31. The van der Waals surface area contributed by atoms with Crippen molar-refractivity contribution in [3.05, 3.63) is 88.9 Å². The SMILES string of the molecule is COc1ccc(S(=O)(=O)N(Cc2ccccc2Cl)C2CC(=O)N(c3ccc(C)cc3)C2=O)cc1. The number of rotatable bonds is 7. The molecule has 1 aliphatic heterocycles. The molecular weight excluding hydrogens is 476 g/mol. The number of halogens is 1. The minimum atomic E-state index is -4.17. The smallest absolute Gasteiger partial charge is 0.252 e. The Balaban J connectivity index is 1.76. The molecule has 34 heavy (non-hydrogen) atoms. The van der Waals surface area contributed by atoms with E-state index in [2.05, 4.69) is 0 Å². The molecule has 1 heterocycles. The van der Waals surface area contributed by atoms with Gasteiger partial charge < -0.3 is 4.74 Å². The number of sulfonamides is 1. The first-order chi connectivity index (χ1) is 16.2. The van der Waals surface area contributed by atoms with Crippen molar-refractivity contribution in [2.45, 2.75) is 30.8 Å². The average molecular weight is 499 g/mol. The maximum absolute atomic E-state index is 13.7. The molecule has 0 bridgehead atoms. The van der Waals surface area contributed by atoms with Gasteiger partial charge in [-0.15, -0.1) is 0 Å². The zero-order chi connectivity index (χ0) is 24.5. The summed E-state index contributed by atoms with van der Waals surface area (Å²) in [7, 11) is -2.69. The predicted octanol–water partition coefficient (Wildman–Crippen LogP) is 4.18. The van der Waals surface area contributed by atoms with Gasteiger partial charge in [0.15, 0.2) is 0 Å². The quantitative estimate of drug-likeness (QED) is 0.456. The zero-order valence-electron chi connectivity index (χ0n) is 18.6. The molecule has 0 radical (unpaired) electrons. The third-order valence-corrected chi connectivity index (χ3v) is 7.95. The normalized spacial score (nSPS) is 16.4. The van der Waals surface area contributed by atoms with Gasteiger partial charge in [0.05, 0.1) is 24.1 Å². The number of imide groups is 1. The lowest BCUT2D eigenvalue weighted by Gasteiger charge is -2.27. The molecule has 1 unspecified atom stereocenters. The van der Waals surface area contributed by atoms with E-state index in [0.717, 1.165) is 14.8 Å². The average Bonchev–Trinajstić information content (AvgIpc) is 3.12. The molecule has 0 aliphatic carbocycles. The number of carbonyl (C=O) groups excluding carboxylic acids is 2. The van der Waals surface area contributed by atoms with Crippen LogP contribution in [0.1, 0.15) is 17.5 Å². The van der Waals surface area contributed by atoms with Crippen LogP contribution in [0.4, 0.5) is 5.69 Å². The van der Waals surface area contributed by atoms with Crippen molar-refractivity contribution in [2.24, 2.45) is 0 Å². The van der Waals surface area contributed by atoms with Crippen LogP contribution < -0.4 is 9.64 Å². The lowest BCUT2D eigenvalue weighted by molar-refractivity contribution is -0.122. The Morgan fingerprint density at radius 3 is 2.26 bits per heavy atom. The maximum Gasteiger partial charge on any atom is 0.252 e. The summed E-state index contributed by atoms with van der Waals surface area (Å²) in [5.41, 5.74) is 1.90. The van der Waals surface area contributed by atoms with E-state index < -0.39 is 27.9 Å². The molecule has 3 aromatic rings. The highest BCUT2D eigenvalue weighted by Crippen LogP contribution is 2.32. The third-order valence-electron chi connectivity index (χ3n) is 5.71. The topological polar surface area (TPSA) is 84.0 Å². The first-order valence-electron chi connectivity index (χ1n) is 10.5. The molecular formula is C25H23ClN2O5S. The summed E-state index contributed by atoms with van der Waals surface area (Å²) in [4.78, 5) is 27.4. The fourth-order valence-electron chi connectivity index (χ4n) is 3.85. The minimum absolute atomic E-state index is 0.0191. The van der Waals surface area contributed by atoms with Crippen LogP contribution in [0.2, 0.25) is 5.02 Å². The fraction of sp³-hybridized carbons (Fsp3) is 0.200. The molecule has 4 rings (SSSR count). The van der Waals surface area contributed by atoms with Crippen molar-refractivity contribution in [3.8, 4) is 5.75 Å². The van der Waals surface area contributed by atoms with Gasteiger partial charge >= 0.3 is 0 Å². The molecule has 7 nitrogen and oxygen atoms in total. The Hall–Kier alpha value is -3.20. The summed E-state index contributed by atoms with van der Waals surface area (Å²) in [6.45, 7) is 1.73. The van der Waals surface area contributed by atoms with E-state index in [1.54, 1.807) is 48.5 Å².